The summed E-state index contributed by atoms with van der Waals surface area (Å²) in [5.74, 6) is 0. The van der Waals surface area contributed by atoms with E-state index in [0.29, 0.717) is 0 Å². The molecule has 1 nitrogen and oxygen atoms in total. The van der Waals surface area contributed by atoms with Crippen LogP contribution in [0.15, 0.2) is 24.3 Å². The minimum Gasteiger partial charge on any atom is -0.300 e. The minimum absolute atomic E-state index is 0.852. The Morgan fingerprint density at radius 2 is 2.25 bits per heavy atom. The third kappa shape index (κ3) is 2.85. The molecule has 0 spiro atoms. The zero-order valence-electron chi connectivity index (χ0n) is 10.6. The maximum atomic E-state index is 2.67. The molecule has 1 heteroatoms. The first kappa shape index (κ1) is 11.7. The number of likely N-dealkylation sites (tertiary alicyclic amines) is 1. The highest BCUT2D eigenvalue weighted by molar-refractivity contribution is 5.22. The van der Waals surface area contributed by atoms with Crippen molar-refractivity contribution in [1.82, 2.24) is 4.90 Å². The Morgan fingerprint density at radius 1 is 1.38 bits per heavy atom. The van der Waals surface area contributed by atoms with Crippen molar-refractivity contribution in [3.05, 3.63) is 35.4 Å². The Hall–Kier alpha value is -0.820. The van der Waals surface area contributed by atoms with Crippen molar-refractivity contribution in [1.29, 1.82) is 0 Å². The number of hydrogen-bond donors (Lipinski definition) is 0. The molecule has 0 aliphatic carbocycles. The Kier molecular flexibility index (Phi) is 4.00. The number of rotatable bonds is 4. The zero-order chi connectivity index (χ0) is 11.4. The van der Waals surface area contributed by atoms with Crippen molar-refractivity contribution in [2.45, 2.75) is 45.6 Å². The van der Waals surface area contributed by atoms with Crippen LogP contribution in [0.4, 0.5) is 0 Å². The molecule has 0 saturated carbocycles. The van der Waals surface area contributed by atoms with Crippen molar-refractivity contribution in [3.63, 3.8) is 0 Å². The molecule has 0 N–H and O–H groups in total. The molecule has 2 rings (SSSR count). The van der Waals surface area contributed by atoms with Crippen molar-refractivity contribution in [3.8, 4) is 0 Å². The van der Waals surface area contributed by atoms with Gasteiger partial charge in [-0.1, -0.05) is 36.8 Å². The Bertz CT molecular complexity index is 332. The van der Waals surface area contributed by atoms with E-state index < -0.39 is 0 Å². The summed E-state index contributed by atoms with van der Waals surface area (Å²) in [6, 6.07) is 9.77. The fraction of sp³-hybridized carbons (Fsp3) is 0.600. The van der Waals surface area contributed by atoms with Crippen molar-refractivity contribution in [2.24, 2.45) is 0 Å². The van der Waals surface area contributed by atoms with Gasteiger partial charge in [-0.3, -0.25) is 0 Å². The molecule has 1 aromatic rings. The van der Waals surface area contributed by atoms with Crippen LogP contribution < -0.4 is 0 Å². The standard InChI is InChI=1S/C15H23N/c1-3-15-8-5-10-16(15)11-9-14-7-4-6-13(2)12-14/h4,6-7,12,15H,3,5,8-11H2,1-2H3. The SMILES string of the molecule is CCC1CCCN1CCc1cccc(C)c1. The van der Waals surface area contributed by atoms with Gasteiger partial charge in [0.05, 0.1) is 0 Å². The van der Waals surface area contributed by atoms with Crippen LogP contribution in [0.25, 0.3) is 0 Å². The third-order valence-corrected chi connectivity index (χ3v) is 3.74. The zero-order valence-corrected chi connectivity index (χ0v) is 10.6. The largest absolute Gasteiger partial charge is 0.300 e. The van der Waals surface area contributed by atoms with Crippen LogP contribution in [-0.2, 0) is 6.42 Å². The highest BCUT2D eigenvalue weighted by atomic mass is 15.2. The molecule has 1 aliphatic rings. The number of nitrogens with zero attached hydrogens (tertiary/aromatic N) is 1. The molecule has 1 heterocycles. The molecule has 1 aromatic carbocycles. The van der Waals surface area contributed by atoms with Gasteiger partial charge in [-0.25, -0.2) is 0 Å². The molecule has 0 radical (unpaired) electrons. The summed E-state index contributed by atoms with van der Waals surface area (Å²) in [6.07, 6.45) is 5.32. The van der Waals surface area contributed by atoms with E-state index in [1.807, 2.05) is 0 Å². The van der Waals surface area contributed by atoms with Gasteiger partial charge in [0, 0.05) is 12.6 Å². The summed E-state index contributed by atoms with van der Waals surface area (Å²) in [5, 5.41) is 0. The van der Waals surface area contributed by atoms with E-state index in [1.54, 1.807) is 0 Å². The second kappa shape index (κ2) is 5.49. The van der Waals surface area contributed by atoms with Gasteiger partial charge in [-0.15, -0.1) is 0 Å². The van der Waals surface area contributed by atoms with E-state index in [9.17, 15) is 0 Å². The van der Waals surface area contributed by atoms with E-state index in [1.165, 1.54) is 49.9 Å². The van der Waals surface area contributed by atoms with Gasteiger partial charge in [0.15, 0.2) is 0 Å². The van der Waals surface area contributed by atoms with Crippen molar-refractivity contribution in [2.75, 3.05) is 13.1 Å². The van der Waals surface area contributed by atoms with Gasteiger partial charge in [-0.05, 0) is 44.7 Å². The molecule has 16 heavy (non-hydrogen) atoms. The second-order valence-electron chi connectivity index (χ2n) is 4.98. The Morgan fingerprint density at radius 3 is 3.00 bits per heavy atom. The molecule has 1 atom stereocenters. The van der Waals surface area contributed by atoms with E-state index in [4.69, 9.17) is 0 Å². The molecule has 88 valence electrons. The Labute approximate surface area is 99.5 Å². The normalized spacial score (nSPS) is 21.5. The van der Waals surface area contributed by atoms with E-state index in [2.05, 4.69) is 43.0 Å². The van der Waals surface area contributed by atoms with Gasteiger partial charge in [0.25, 0.3) is 0 Å². The molecule has 0 amide bonds. The maximum absolute atomic E-state index is 2.67. The van der Waals surface area contributed by atoms with Crippen LogP contribution in [0.5, 0.6) is 0 Å². The first-order valence-corrected chi connectivity index (χ1v) is 6.59. The molecular weight excluding hydrogens is 194 g/mol. The molecule has 1 aliphatic heterocycles. The maximum Gasteiger partial charge on any atom is 0.00932 e. The van der Waals surface area contributed by atoms with Crippen LogP contribution in [0.1, 0.15) is 37.3 Å². The quantitative estimate of drug-likeness (QED) is 0.747. The molecule has 0 aromatic heterocycles. The first-order valence-electron chi connectivity index (χ1n) is 6.59. The first-order chi connectivity index (χ1) is 7.79. The minimum atomic E-state index is 0.852. The van der Waals surface area contributed by atoms with Crippen LogP contribution >= 0.6 is 0 Å². The smallest absolute Gasteiger partial charge is 0.00932 e. The summed E-state index contributed by atoms with van der Waals surface area (Å²) in [4.78, 5) is 2.67. The van der Waals surface area contributed by atoms with Gasteiger partial charge < -0.3 is 4.90 Å². The van der Waals surface area contributed by atoms with Gasteiger partial charge >= 0.3 is 0 Å². The lowest BCUT2D eigenvalue weighted by Crippen LogP contribution is -2.30. The van der Waals surface area contributed by atoms with Crippen LogP contribution in [0.3, 0.4) is 0 Å². The molecule has 1 fully saturated rings. The molecular formula is C15H23N. The lowest BCUT2D eigenvalue weighted by atomic mass is 10.1. The fourth-order valence-corrected chi connectivity index (χ4v) is 2.79. The van der Waals surface area contributed by atoms with Crippen molar-refractivity contribution >= 4 is 0 Å². The van der Waals surface area contributed by atoms with Gasteiger partial charge in [0.2, 0.25) is 0 Å². The lowest BCUT2D eigenvalue weighted by molar-refractivity contribution is 0.251. The highest BCUT2D eigenvalue weighted by Crippen LogP contribution is 2.20. The summed E-state index contributed by atoms with van der Waals surface area (Å²) in [6.45, 7) is 7.04. The van der Waals surface area contributed by atoms with Crippen molar-refractivity contribution < 1.29 is 0 Å². The summed E-state index contributed by atoms with van der Waals surface area (Å²) >= 11 is 0. The van der Waals surface area contributed by atoms with E-state index in [0.717, 1.165) is 6.04 Å². The van der Waals surface area contributed by atoms with Gasteiger partial charge in [0.1, 0.15) is 0 Å². The summed E-state index contributed by atoms with van der Waals surface area (Å²) < 4.78 is 0. The average molecular weight is 217 g/mol. The number of aryl methyl sites for hydroxylation is 1. The van der Waals surface area contributed by atoms with E-state index in [-0.39, 0.29) is 0 Å². The predicted molar refractivity (Wildman–Crippen MR) is 69.8 cm³/mol. The highest BCUT2D eigenvalue weighted by Gasteiger charge is 2.21. The fourth-order valence-electron chi connectivity index (χ4n) is 2.79. The topological polar surface area (TPSA) is 3.24 Å². The molecule has 1 unspecified atom stereocenters. The second-order valence-corrected chi connectivity index (χ2v) is 4.98. The monoisotopic (exact) mass is 217 g/mol. The van der Waals surface area contributed by atoms with Crippen LogP contribution in [0, 0.1) is 6.92 Å². The summed E-state index contributed by atoms with van der Waals surface area (Å²) in [7, 11) is 0. The third-order valence-electron chi connectivity index (χ3n) is 3.74. The van der Waals surface area contributed by atoms with Crippen LogP contribution in [-0.4, -0.2) is 24.0 Å². The average Bonchev–Trinajstić information content (AvgIpc) is 2.74. The van der Waals surface area contributed by atoms with Gasteiger partial charge in [-0.2, -0.15) is 0 Å². The number of benzene rings is 1. The lowest BCUT2D eigenvalue weighted by Gasteiger charge is -2.23. The summed E-state index contributed by atoms with van der Waals surface area (Å²) in [5.41, 5.74) is 2.87. The molecule has 1 saturated heterocycles. The number of hydrogen-bond acceptors (Lipinski definition) is 1. The van der Waals surface area contributed by atoms with Crippen LogP contribution in [0.2, 0.25) is 0 Å². The van der Waals surface area contributed by atoms with E-state index >= 15 is 0 Å². The Balaban J connectivity index is 1.87. The predicted octanol–water partition coefficient (Wildman–Crippen LogP) is 3.41. The molecule has 0 bridgehead atoms.